The summed E-state index contributed by atoms with van der Waals surface area (Å²) in [6.07, 6.45) is 7.13. The SMILES string of the molecule is O=C1CCCC(=O)N1CCc1cncnc1. The van der Waals surface area contributed by atoms with Gasteiger partial charge in [-0.05, 0) is 18.4 Å². The number of hydrogen-bond donors (Lipinski definition) is 0. The molecule has 2 amide bonds. The van der Waals surface area contributed by atoms with Gasteiger partial charge in [-0.2, -0.15) is 0 Å². The van der Waals surface area contributed by atoms with Gasteiger partial charge in [0.05, 0.1) is 0 Å². The van der Waals surface area contributed by atoms with Crippen LogP contribution in [0.3, 0.4) is 0 Å². The van der Waals surface area contributed by atoms with Gasteiger partial charge >= 0.3 is 0 Å². The summed E-state index contributed by atoms with van der Waals surface area (Å²) in [6.45, 7) is 0.436. The smallest absolute Gasteiger partial charge is 0.229 e. The molecule has 0 aliphatic carbocycles. The number of carbonyl (C=O) groups excluding carboxylic acids is 2. The van der Waals surface area contributed by atoms with Gasteiger partial charge < -0.3 is 0 Å². The summed E-state index contributed by atoms with van der Waals surface area (Å²) in [7, 11) is 0. The minimum Gasteiger partial charge on any atom is -0.282 e. The Morgan fingerprint density at radius 3 is 2.38 bits per heavy atom. The third-order valence-electron chi connectivity index (χ3n) is 2.62. The normalized spacial score (nSPS) is 16.6. The van der Waals surface area contributed by atoms with Gasteiger partial charge in [0.15, 0.2) is 0 Å². The molecule has 5 heteroatoms. The van der Waals surface area contributed by atoms with Gasteiger partial charge in [-0.15, -0.1) is 0 Å². The highest BCUT2D eigenvalue weighted by Gasteiger charge is 2.25. The van der Waals surface area contributed by atoms with E-state index in [2.05, 4.69) is 9.97 Å². The first-order valence-electron chi connectivity index (χ1n) is 5.34. The fourth-order valence-electron chi connectivity index (χ4n) is 1.75. The third-order valence-corrected chi connectivity index (χ3v) is 2.62. The lowest BCUT2D eigenvalue weighted by Crippen LogP contribution is -2.41. The minimum absolute atomic E-state index is 0.0619. The van der Waals surface area contributed by atoms with E-state index < -0.39 is 0 Å². The molecule has 16 heavy (non-hydrogen) atoms. The average Bonchev–Trinajstić information content (AvgIpc) is 2.30. The summed E-state index contributed by atoms with van der Waals surface area (Å²) in [5.41, 5.74) is 0.939. The predicted octanol–water partition coefficient (Wildman–Crippen LogP) is 0.558. The predicted molar refractivity (Wildman–Crippen MR) is 56.3 cm³/mol. The molecule has 84 valence electrons. The highest BCUT2D eigenvalue weighted by molar-refractivity contribution is 5.97. The maximum absolute atomic E-state index is 11.5. The number of carbonyl (C=O) groups is 2. The molecule has 0 radical (unpaired) electrons. The van der Waals surface area contributed by atoms with E-state index in [1.807, 2.05) is 0 Å². The Morgan fingerprint density at radius 2 is 1.75 bits per heavy atom. The van der Waals surface area contributed by atoms with Crippen molar-refractivity contribution in [3.8, 4) is 0 Å². The van der Waals surface area contributed by atoms with Crippen LogP contribution in [0, 0.1) is 0 Å². The van der Waals surface area contributed by atoms with Crippen molar-refractivity contribution in [3.63, 3.8) is 0 Å². The third kappa shape index (κ3) is 2.42. The molecule has 0 saturated carbocycles. The zero-order chi connectivity index (χ0) is 11.4. The molecule has 1 aromatic rings. The van der Waals surface area contributed by atoms with Crippen LogP contribution in [0.2, 0.25) is 0 Å². The number of aromatic nitrogens is 2. The molecule has 1 fully saturated rings. The lowest BCUT2D eigenvalue weighted by molar-refractivity contribution is -0.147. The van der Waals surface area contributed by atoms with E-state index in [0.29, 0.717) is 32.2 Å². The molecule has 5 nitrogen and oxygen atoms in total. The van der Waals surface area contributed by atoms with Gasteiger partial charge in [0.1, 0.15) is 6.33 Å². The van der Waals surface area contributed by atoms with Crippen LogP contribution in [-0.2, 0) is 16.0 Å². The molecule has 0 bridgehead atoms. The van der Waals surface area contributed by atoms with Gasteiger partial charge in [-0.1, -0.05) is 0 Å². The van der Waals surface area contributed by atoms with Crippen LogP contribution in [0.15, 0.2) is 18.7 Å². The van der Waals surface area contributed by atoms with Crippen LogP contribution in [0.25, 0.3) is 0 Å². The van der Waals surface area contributed by atoms with E-state index in [4.69, 9.17) is 0 Å². The van der Waals surface area contributed by atoms with Crippen LogP contribution in [0.5, 0.6) is 0 Å². The van der Waals surface area contributed by atoms with Crippen LogP contribution in [-0.4, -0.2) is 33.2 Å². The summed E-state index contributed by atoms with van der Waals surface area (Å²) in [5.74, 6) is -0.124. The standard InChI is InChI=1S/C11H13N3O2/c15-10-2-1-3-11(16)14(10)5-4-9-6-12-8-13-7-9/h6-8H,1-5H2. The zero-order valence-corrected chi connectivity index (χ0v) is 8.93. The Bertz CT molecular complexity index is 375. The van der Waals surface area contributed by atoms with Gasteiger partial charge in [0, 0.05) is 31.8 Å². The molecule has 2 heterocycles. The highest BCUT2D eigenvalue weighted by Crippen LogP contribution is 2.12. The monoisotopic (exact) mass is 219 g/mol. The Morgan fingerprint density at radius 1 is 1.12 bits per heavy atom. The van der Waals surface area contributed by atoms with E-state index >= 15 is 0 Å². The van der Waals surface area contributed by atoms with Crippen molar-refractivity contribution in [2.45, 2.75) is 25.7 Å². The topological polar surface area (TPSA) is 63.2 Å². The molecule has 1 saturated heterocycles. The highest BCUT2D eigenvalue weighted by atomic mass is 16.2. The van der Waals surface area contributed by atoms with E-state index in [1.54, 1.807) is 12.4 Å². The first-order chi connectivity index (χ1) is 7.77. The fourth-order valence-corrected chi connectivity index (χ4v) is 1.75. The maximum atomic E-state index is 11.5. The summed E-state index contributed by atoms with van der Waals surface area (Å²) >= 11 is 0. The van der Waals surface area contributed by atoms with Crippen molar-refractivity contribution in [1.29, 1.82) is 0 Å². The molecule has 1 aliphatic heterocycles. The first-order valence-corrected chi connectivity index (χ1v) is 5.34. The van der Waals surface area contributed by atoms with Crippen molar-refractivity contribution in [1.82, 2.24) is 14.9 Å². The Labute approximate surface area is 93.5 Å². The largest absolute Gasteiger partial charge is 0.282 e. The lowest BCUT2D eigenvalue weighted by Gasteiger charge is -2.24. The number of likely N-dealkylation sites (tertiary alicyclic amines) is 1. The van der Waals surface area contributed by atoms with E-state index in [0.717, 1.165) is 5.56 Å². The number of imide groups is 1. The summed E-state index contributed by atoms with van der Waals surface area (Å²) in [6, 6.07) is 0. The minimum atomic E-state index is -0.0619. The zero-order valence-electron chi connectivity index (χ0n) is 8.93. The van der Waals surface area contributed by atoms with E-state index in [-0.39, 0.29) is 11.8 Å². The summed E-state index contributed by atoms with van der Waals surface area (Å²) in [5, 5.41) is 0. The second kappa shape index (κ2) is 4.83. The van der Waals surface area contributed by atoms with Gasteiger partial charge in [-0.3, -0.25) is 14.5 Å². The maximum Gasteiger partial charge on any atom is 0.229 e. The summed E-state index contributed by atoms with van der Waals surface area (Å²) < 4.78 is 0. The van der Waals surface area contributed by atoms with Crippen molar-refractivity contribution in [3.05, 3.63) is 24.3 Å². The fraction of sp³-hybridized carbons (Fsp3) is 0.455. The van der Waals surface area contributed by atoms with Crippen LogP contribution >= 0.6 is 0 Å². The average molecular weight is 219 g/mol. The molecule has 0 unspecified atom stereocenters. The van der Waals surface area contributed by atoms with Crippen molar-refractivity contribution in [2.24, 2.45) is 0 Å². The van der Waals surface area contributed by atoms with E-state index in [1.165, 1.54) is 11.2 Å². The van der Waals surface area contributed by atoms with E-state index in [9.17, 15) is 9.59 Å². The van der Waals surface area contributed by atoms with Crippen molar-refractivity contribution < 1.29 is 9.59 Å². The van der Waals surface area contributed by atoms with Crippen molar-refractivity contribution >= 4 is 11.8 Å². The van der Waals surface area contributed by atoms with Gasteiger partial charge in [0.25, 0.3) is 0 Å². The molecule has 0 aromatic carbocycles. The Kier molecular flexibility index (Phi) is 3.24. The number of nitrogens with zero attached hydrogens (tertiary/aromatic N) is 3. The molecular weight excluding hydrogens is 206 g/mol. The van der Waals surface area contributed by atoms with Crippen LogP contribution in [0.4, 0.5) is 0 Å². The van der Waals surface area contributed by atoms with Gasteiger partial charge in [-0.25, -0.2) is 9.97 Å². The first kappa shape index (κ1) is 10.7. The molecule has 0 atom stereocenters. The molecule has 2 rings (SSSR count). The second-order valence-corrected chi connectivity index (χ2v) is 3.79. The molecule has 1 aliphatic rings. The van der Waals surface area contributed by atoms with Crippen LogP contribution in [0.1, 0.15) is 24.8 Å². The van der Waals surface area contributed by atoms with Gasteiger partial charge in [0.2, 0.25) is 11.8 Å². The Hall–Kier alpha value is -1.78. The molecular formula is C11H13N3O2. The number of piperidine rings is 1. The quantitative estimate of drug-likeness (QED) is 0.697. The summed E-state index contributed by atoms with van der Waals surface area (Å²) in [4.78, 5) is 32.1. The van der Waals surface area contributed by atoms with Crippen LogP contribution < -0.4 is 0 Å². The molecule has 0 spiro atoms. The Balaban J connectivity index is 1.94. The number of amides is 2. The second-order valence-electron chi connectivity index (χ2n) is 3.79. The van der Waals surface area contributed by atoms with Crippen molar-refractivity contribution in [2.75, 3.05) is 6.54 Å². The molecule has 0 N–H and O–H groups in total. The molecule has 1 aromatic heterocycles. The number of rotatable bonds is 3. The lowest BCUT2D eigenvalue weighted by atomic mass is 10.1. The number of hydrogen-bond acceptors (Lipinski definition) is 4.